The molecule has 1 aliphatic rings. The van der Waals surface area contributed by atoms with Gasteiger partial charge in [0.15, 0.2) is 6.29 Å². The number of aliphatic hydroxyl groups excluding tert-OH is 1. The average molecular weight is 495 g/mol. The standard InChI is InChI=1S/C28H34N2O6/c1-33-18-23-26(32)27(34-16-19-7-3-2-4-8-19)25(30-24(31)13-14-29)28(36-23)35-17-20-11-12-21-9-5-6-10-22(21)15-20/h2-12,15,23,25-28,32H,13-14,16-18,29H2,1H3,(H,30,31)/t23-,25?,26-,27+,28?/m1/s1. The highest BCUT2D eigenvalue weighted by Gasteiger charge is 2.47. The Bertz CT molecular complexity index is 1110. The number of benzene rings is 3. The number of fused-ring (bicyclic) bond motifs is 1. The Labute approximate surface area is 211 Å². The van der Waals surface area contributed by atoms with E-state index in [9.17, 15) is 9.90 Å². The molecular weight excluding hydrogens is 460 g/mol. The molecule has 4 N–H and O–H groups in total. The molecule has 1 aliphatic heterocycles. The van der Waals surface area contributed by atoms with E-state index in [4.69, 9.17) is 24.7 Å². The highest BCUT2D eigenvalue weighted by atomic mass is 16.7. The van der Waals surface area contributed by atoms with Gasteiger partial charge in [0, 0.05) is 20.1 Å². The molecule has 3 aromatic carbocycles. The van der Waals surface area contributed by atoms with Crippen LogP contribution in [0.5, 0.6) is 0 Å². The van der Waals surface area contributed by atoms with Crippen LogP contribution in [0, 0.1) is 0 Å². The molecule has 3 aromatic rings. The summed E-state index contributed by atoms with van der Waals surface area (Å²) in [5.74, 6) is -0.267. The van der Waals surface area contributed by atoms with Gasteiger partial charge in [-0.05, 0) is 28.0 Å². The minimum Gasteiger partial charge on any atom is -0.388 e. The molecule has 0 bridgehead atoms. The molecule has 0 aromatic heterocycles. The van der Waals surface area contributed by atoms with E-state index in [-0.39, 0.29) is 38.7 Å². The Morgan fingerprint density at radius 1 is 0.972 bits per heavy atom. The zero-order valence-corrected chi connectivity index (χ0v) is 20.4. The fourth-order valence-corrected chi connectivity index (χ4v) is 4.38. The zero-order chi connectivity index (χ0) is 25.3. The van der Waals surface area contributed by atoms with E-state index in [0.29, 0.717) is 0 Å². The van der Waals surface area contributed by atoms with Crippen molar-refractivity contribution < 1.29 is 28.8 Å². The number of carbonyl (C=O) groups is 1. The summed E-state index contributed by atoms with van der Waals surface area (Å²) in [5.41, 5.74) is 7.49. The molecule has 8 nitrogen and oxygen atoms in total. The first kappa shape index (κ1) is 26.2. The number of methoxy groups -OCH3 is 1. The van der Waals surface area contributed by atoms with E-state index in [1.165, 1.54) is 7.11 Å². The molecular formula is C28H34N2O6. The van der Waals surface area contributed by atoms with Crippen molar-refractivity contribution in [3.8, 4) is 0 Å². The van der Waals surface area contributed by atoms with Gasteiger partial charge in [-0.3, -0.25) is 4.79 Å². The molecule has 1 heterocycles. The summed E-state index contributed by atoms with van der Waals surface area (Å²) in [6.45, 7) is 0.848. The van der Waals surface area contributed by atoms with Crippen molar-refractivity contribution in [3.05, 3.63) is 83.9 Å². The van der Waals surface area contributed by atoms with E-state index < -0.39 is 30.6 Å². The third kappa shape index (κ3) is 6.67. The van der Waals surface area contributed by atoms with Crippen LogP contribution in [0.3, 0.4) is 0 Å². The minimum atomic E-state index is -1.04. The smallest absolute Gasteiger partial charge is 0.221 e. The van der Waals surface area contributed by atoms with E-state index in [1.54, 1.807) is 0 Å². The SMILES string of the molecule is COC[C@H]1OC(OCc2ccc3ccccc3c2)C(NC(=O)CCN)[C@H](OCc2ccccc2)[C@@H]1O. The number of carbonyl (C=O) groups excluding carboxylic acids is 1. The van der Waals surface area contributed by atoms with Gasteiger partial charge in [-0.25, -0.2) is 0 Å². The average Bonchev–Trinajstić information content (AvgIpc) is 2.90. The summed E-state index contributed by atoms with van der Waals surface area (Å²) in [6.07, 6.45) is -3.26. The first-order valence-corrected chi connectivity index (χ1v) is 12.2. The van der Waals surface area contributed by atoms with Gasteiger partial charge in [-0.15, -0.1) is 0 Å². The van der Waals surface area contributed by atoms with Gasteiger partial charge in [0.25, 0.3) is 0 Å². The van der Waals surface area contributed by atoms with Crippen molar-refractivity contribution in [1.82, 2.24) is 5.32 Å². The van der Waals surface area contributed by atoms with Crippen molar-refractivity contribution in [2.45, 2.75) is 50.3 Å². The summed E-state index contributed by atoms with van der Waals surface area (Å²) in [6, 6.07) is 23.1. The lowest BCUT2D eigenvalue weighted by atomic mass is 9.96. The van der Waals surface area contributed by atoms with Crippen LogP contribution in [-0.4, -0.2) is 61.9 Å². The van der Waals surface area contributed by atoms with E-state index in [0.717, 1.165) is 21.9 Å². The maximum atomic E-state index is 12.5. The monoisotopic (exact) mass is 494 g/mol. The number of hydrogen-bond acceptors (Lipinski definition) is 7. The predicted octanol–water partition coefficient (Wildman–Crippen LogP) is 2.51. The lowest BCUT2D eigenvalue weighted by Gasteiger charge is -2.44. The molecule has 192 valence electrons. The molecule has 1 fully saturated rings. The van der Waals surface area contributed by atoms with Crippen molar-refractivity contribution in [2.24, 2.45) is 5.73 Å². The van der Waals surface area contributed by atoms with Crippen LogP contribution >= 0.6 is 0 Å². The first-order valence-electron chi connectivity index (χ1n) is 12.2. The number of hydrogen-bond donors (Lipinski definition) is 3. The minimum absolute atomic E-state index is 0.136. The first-order chi connectivity index (χ1) is 17.6. The van der Waals surface area contributed by atoms with Gasteiger partial charge in [-0.2, -0.15) is 0 Å². The second kappa shape index (κ2) is 12.9. The molecule has 0 radical (unpaired) electrons. The summed E-state index contributed by atoms with van der Waals surface area (Å²) < 4.78 is 23.8. The van der Waals surface area contributed by atoms with Crippen molar-refractivity contribution in [1.29, 1.82) is 0 Å². The number of ether oxygens (including phenoxy) is 4. The Kier molecular flexibility index (Phi) is 9.41. The number of aliphatic hydroxyl groups is 1. The molecule has 1 amide bonds. The zero-order valence-electron chi connectivity index (χ0n) is 20.4. The van der Waals surface area contributed by atoms with Gasteiger partial charge in [-0.1, -0.05) is 66.7 Å². The summed E-state index contributed by atoms with van der Waals surface area (Å²) in [4.78, 5) is 12.5. The van der Waals surface area contributed by atoms with Crippen molar-refractivity contribution in [3.63, 3.8) is 0 Å². The Morgan fingerprint density at radius 3 is 2.44 bits per heavy atom. The van der Waals surface area contributed by atoms with E-state index in [1.807, 2.05) is 60.7 Å². The topological polar surface area (TPSA) is 112 Å². The molecule has 8 heteroatoms. The molecule has 5 atom stereocenters. The largest absolute Gasteiger partial charge is 0.388 e. The summed E-state index contributed by atoms with van der Waals surface area (Å²) in [7, 11) is 1.54. The highest BCUT2D eigenvalue weighted by molar-refractivity contribution is 5.82. The molecule has 36 heavy (non-hydrogen) atoms. The van der Waals surface area contributed by atoms with Gasteiger partial charge in [0.1, 0.15) is 24.4 Å². The van der Waals surface area contributed by atoms with Crippen molar-refractivity contribution >= 4 is 16.7 Å². The fraction of sp³-hybridized carbons (Fsp3) is 0.393. The molecule has 0 spiro atoms. The lowest BCUT2D eigenvalue weighted by molar-refractivity contribution is -0.282. The van der Waals surface area contributed by atoms with Crippen LogP contribution in [0.4, 0.5) is 0 Å². The third-order valence-corrected chi connectivity index (χ3v) is 6.22. The Hall–Kier alpha value is -2.85. The third-order valence-electron chi connectivity index (χ3n) is 6.22. The second-order valence-electron chi connectivity index (χ2n) is 8.87. The molecule has 0 aliphatic carbocycles. The Balaban J connectivity index is 1.55. The number of nitrogens with one attached hydrogen (secondary N) is 1. The number of rotatable bonds is 11. The number of amides is 1. The quantitative estimate of drug-likeness (QED) is 0.376. The van der Waals surface area contributed by atoms with Gasteiger partial charge < -0.3 is 35.1 Å². The van der Waals surface area contributed by atoms with Gasteiger partial charge in [0.2, 0.25) is 5.91 Å². The van der Waals surface area contributed by atoms with Crippen LogP contribution in [0.2, 0.25) is 0 Å². The molecule has 1 saturated heterocycles. The maximum absolute atomic E-state index is 12.5. The molecule has 4 rings (SSSR count). The normalized spacial score (nSPS) is 24.0. The van der Waals surface area contributed by atoms with E-state index in [2.05, 4.69) is 17.4 Å². The van der Waals surface area contributed by atoms with E-state index >= 15 is 0 Å². The van der Waals surface area contributed by atoms with Crippen LogP contribution < -0.4 is 11.1 Å². The number of nitrogens with two attached hydrogens (primary N) is 1. The second-order valence-corrected chi connectivity index (χ2v) is 8.87. The Morgan fingerprint density at radius 2 is 1.69 bits per heavy atom. The summed E-state index contributed by atoms with van der Waals surface area (Å²) in [5, 5.41) is 16.3. The van der Waals surface area contributed by atoms with Crippen molar-refractivity contribution in [2.75, 3.05) is 20.3 Å². The van der Waals surface area contributed by atoms with Gasteiger partial charge in [0.05, 0.1) is 19.8 Å². The van der Waals surface area contributed by atoms with Gasteiger partial charge >= 0.3 is 0 Å². The summed E-state index contributed by atoms with van der Waals surface area (Å²) >= 11 is 0. The maximum Gasteiger partial charge on any atom is 0.221 e. The fourth-order valence-electron chi connectivity index (χ4n) is 4.38. The predicted molar refractivity (Wildman–Crippen MR) is 136 cm³/mol. The van der Waals surface area contributed by atoms with Crippen LogP contribution in [0.1, 0.15) is 17.5 Å². The highest BCUT2D eigenvalue weighted by Crippen LogP contribution is 2.27. The molecule has 0 saturated carbocycles. The van der Waals surface area contributed by atoms with Crippen LogP contribution in [-0.2, 0) is 37.0 Å². The molecule has 2 unspecified atom stereocenters. The lowest BCUT2D eigenvalue weighted by Crippen LogP contribution is -2.65. The van der Waals surface area contributed by atoms with Crippen LogP contribution in [0.25, 0.3) is 10.8 Å². The van der Waals surface area contributed by atoms with Crippen LogP contribution in [0.15, 0.2) is 72.8 Å².